The van der Waals surface area contributed by atoms with Gasteiger partial charge in [0.1, 0.15) is 0 Å². The number of carbonyl (C=O) groups is 4. The number of esters is 1. The van der Waals surface area contributed by atoms with Gasteiger partial charge in [-0.15, -0.1) is 0 Å². The van der Waals surface area contributed by atoms with Crippen LogP contribution in [0.2, 0.25) is 0 Å². The highest BCUT2D eigenvalue weighted by molar-refractivity contribution is 14.1. The third-order valence-electron chi connectivity index (χ3n) is 4.43. The first-order chi connectivity index (χ1) is 16.4. The molecule has 12 nitrogen and oxygen atoms in total. The van der Waals surface area contributed by atoms with Gasteiger partial charge < -0.3 is 35.8 Å². The van der Waals surface area contributed by atoms with Gasteiger partial charge in [-0.05, 0) is 74.7 Å². The van der Waals surface area contributed by atoms with E-state index in [0.29, 0.717) is 4.42 Å². The van der Waals surface area contributed by atoms with E-state index < -0.39 is 68.3 Å². The van der Waals surface area contributed by atoms with Crippen LogP contribution in [0.5, 0.6) is 0 Å². The smallest absolute Gasteiger partial charge is 0.303 e. The Bertz CT molecular complexity index is 975. The number of hydrogen-bond acceptors (Lipinski definition) is 9. The molecule has 0 aliphatic rings. The largest absolute Gasteiger partial charge is 0.453 e. The fraction of sp³-hybridized carbons (Fsp3) is 0.474. The lowest BCUT2D eigenvalue weighted by Gasteiger charge is -2.25. The molecule has 0 fully saturated rings. The molecular weight excluding hydrogens is 830 g/mol. The van der Waals surface area contributed by atoms with Crippen LogP contribution < -0.4 is 10.6 Å². The standard InChI is InChI=1S/C19H23ClI3N3O9/c1-7(35-8(2)31)17(32)25-16-14(22)11(18(33)24-9(3-27)4-28)13(21)12(15(16)23)19(34)26(20)10(5-29)6-30/h7,9-10,27-30H,3-6H2,1-2H3,(H,24,33)(H,25,32)/t7-/m0/s1. The molecule has 1 aromatic rings. The number of aliphatic hydroxyl groups excluding tert-OH is 4. The lowest BCUT2D eigenvalue weighted by molar-refractivity contribution is -0.150. The Balaban J connectivity index is 3.74. The Morgan fingerprint density at radius 1 is 0.943 bits per heavy atom. The van der Waals surface area contributed by atoms with Crippen molar-refractivity contribution in [3.63, 3.8) is 0 Å². The van der Waals surface area contributed by atoms with Gasteiger partial charge in [-0.1, -0.05) is 0 Å². The molecule has 0 spiro atoms. The van der Waals surface area contributed by atoms with Crippen LogP contribution in [-0.2, 0) is 14.3 Å². The summed E-state index contributed by atoms with van der Waals surface area (Å²) in [5.41, 5.74) is -0.131. The highest BCUT2D eigenvalue weighted by Gasteiger charge is 2.33. The van der Waals surface area contributed by atoms with Crippen LogP contribution in [0.15, 0.2) is 0 Å². The number of anilines is 1. The maximum absolute atomic E-state index is 13.2. The molecule has 1 aromatic carbocycles. The molecule has 0 aliphatic carbocycles. The second-order valence-electron chi connectivity index (χ2n) is 6.98. The van der Waals surface area contributed by atoms with Crippen LogP contribution in [-0.4, -0.2) is 93.2 Å². The van der Waals surface area contributed by atoms with Crippen LogP contribution in [0.1, 0.15) is 34.6 Å². The van der Waals surface area contributed by atoms with Gasteiger partial charge in [-0.25, -0.2) is 4.42 Å². The van der Waals surface area contributed by atoms with Crippen LogP contribution in [0.25, 0.3) is 0 Å². The van der Waals surface area contributed by atoms with Crippen molar-refractivity contribution < 1.29 is 44.3 Å². The number of nitrogens with one attached hydrogen (secondary N) is 2. The summed E-state index contributed by atoms with van der Waals surface area (Å²) in [6.45, 7) is 0.0688. The van der Waals surface area contributed by atoms with Crippen molar-refractivity contribution in [2.75, 3.05) is 31.7 Å². The van der Waals surface area contributed by atoms with Crippen molar-refractivity contribution >= 4 is 109 Å². The summed E-state index contributed by atoms with van der Waals surface area (Å²) in [6, 6.07) is -2.14. The van der Waals surface area contributed by atoms with E-state index in [1.165, 1.54) is 6.92 Å². The number of amides is 3. The average molecular weight is 854 g/mol. The fourth-order valence-electron chi connectivity index (χ4n) is 2.57. The van der Waals surface area contributed by atoms with Gasteiger partial charge in [0.25, 0.3) is 17.7 Å². The Hall–Kier alpha value is -0.580. The molecule has 35 heavy (non-hydrogen) atoms. The molecule has 16 heteroatoms. The first kappa shape index (κ1) is 32.4. The molecule has 0 saturated heterocycles. The van der Waals surface area contributed by atoms with Gasteiger partial charge in [-0.3, -0.25) is 19.2 Å². The Morgan fingerprint density at radius 3 is 1.91 bits per heavy atom. The molecule has 3 amide bonds. The molecule has 0 unspecified atom stereocenters. The van der Waals surface area contributed by atoms with Gasteiger partial charge in [0.2, 0.25) is 0 Å². The first-order valence-corrected chi connectivity index (χ1v) is 13.4. The lowest BCUT2D eigenvalue weighted by atomic mass is 10.1. The van der Waals surface area contributed by atoms with E-state index in [9.17, 15) is 39.6 Å². The fourth-order valence-corrected chi connectivity index (χ4v) is 7.16. The second kappa shape index (κ2) is 15.0. The molecule has 0 heterocycles. The quantitative estimate of drug-likeness (QED) is 0.104. The third kappa shape index (κ3) is 8.20. The summed E-state index contributed by atoms with van der Waals surface area (Å²) in [5, 5.41) is 42.5. The van der Waals surface area contributed by atoms with E-state index in [1.807, 2.05) is 0 Å². The minimum atomic E-state index is -1.19. The summed E-state index contributed by atoms with van der Waals surface area (Å²) >= 11 is 11.4. The minimum absolute atomic E-state index is 0.0447. The SMILES string of the molecule is CC(=O)O[C@@H](C)C(=O)Nc1c(I)c(C(=O)NC(CO)CO)c(I)c(C(=O)N(Cl)C(CO)CO)c1I. The van der Waals surface area contributed by atoms with Gasteiger partial charge >= 0.3 is 5.97 Å². The molecule has 0 bridgehead atoms. The predicted molar refractivity (Wildman–Crippen MR) is 150 cm³/mol. The Morgan fingerprint density at radius 2 is 1.46 bits per heavy atom. The second-order valence-corrected chi connectivity index (χ2v) is 10.6. The van der Waals surface area contributed by atoms with E-state index in [4.69, 9.17) is 16.5 Å². The average Bonchev–Trinajstić information content (AvgIpc) is 2.80. The molecule has 6 N–H and O–H groups in total. The van der Waals surface area contributed by atoms with Gasteiger partial charge in [-0.2, -0.15) is 0 Å². The maximum Gasteiger partial charge on any atom is 0.303 e. The molecule has 1 atom stereocenters. The van der Waals surface area contributed by atoms with Crippen molar-refractivity contribution in [2.24, 2.45) is 0 Å². The summed E-state index contributed by atoms with van der Waals surface area (Å²) in [5.74, 6) is -3.06. The van der Waals surface area contributed by atoms with Gasteiger partial charge in [0.15, 0.2) is 6.10 Å². The normalized spacial score (nSPS) is 11.9. The summed E-state index contributed by atoms with van der Waals surface area (Å²) in [6.07, 6.45) is -1.19. The highest BCUT2D eigenvalue weighted by atomic mass is 127. The van der Waals surface area contributed by atoms with Gasteiger partial charge in [0.05, 0.1) is 62.5 Å². The molecule has 0 aromatic heterocycles. The molecule has 1 rings (SSSR count). The summed E-state index contributed by atoms with van der Waals surface area (Å²) in [4.78, 5) is 50.2. The van der Waals surface area contributed by atoms with E-state index in [-0.39, 0.29) is 27.5 Å². The zero-order chi connectivity index (χ0) is 27.0. The van der Waals surface area contributed by atoms with Crippen LogP contribution in [0.3, 0.4) is 0 Å². The van der Waals surface area contributed by atoms with E-state index in [1.54, 1.807) is 67.8 Å². The van der Waals surface area contributed by atoms with E-state index in [0.717, 1.165) is 6.92 Å². The zero-order valence-electron chi connectivity index (χ0n) is 18.3. The van der Waals surface area contributed by atoms with Crippen molar-refractivity contribution in [3.8, 4) is 0 Å². The summed E-state index contributed by atoms with van der Waals surface area (Å²) < 4.78 is 5.99. The number of hydrogen-bond donors (Lipinski definition) is 6. The number of aliphatic hydroxyl groups is 4. The number of nitrogens with zero attached hydrogens (tertiary/aromatic N) is 1. The Labute approximate surface area is 246 Å². The number of carbonyl (C=O) groups excluding carboxylic acids is 4. The monoisotopic (exact) mass is 853 g/mol. The van der Waals surface area contributed by atoms with Crippen molar-refractivity contribution in [3.05, 3.63) is 21.8 Å². The van der Waals surface area contributed by atoms with Gasteiger partial charge in [0, 0.05) is 22.3 Å². The first-order valence-electron chi connectivity index (χ1n) is 9.78. The molecule has 196 valence electrons. The highest BCUT2D eigenvalue weighted by Crippen LogP contribution is 2.37. The van der Waals surface area contributed by atoms with Crippen molar-refractivity contribution in [1.29, 1.82) is 0 Å². The maximum atomic E-state index is 13.2. The van der Waals surface area contributed by atoms with E-state index >= 15 is 0 Å². The molecular formula is C19H23ClI3N3O9. The summed E-state index contributed by atoms with van der Waals surface area (Å²) in [7, 11) is 0. The Kier molecular flexibility index (Phi) is 13.9. The lowest BCUT2D eigenvalue weighted by Crippen LogP contribution is -2.42. The van der Waals surface area contributed by atoms with Crippen LogP contribution in [0.4, 0.5) is 5.69 Å². The van der Waals surface area contributed by atoms with Crippen molar-refractivity contribution in [2.45, 2.75) is 32.0 Å². The number of halogens is 4. The van der Waals surface area contributed by atoms with Crippen LogP contribution in [0, 0.1) is 10.7 Å². The van der Waals surface area contributed by atoms with E-state index in [2.05, 4.69) is 10.6 Å². The predicted octanol–water partition coefficient (Wildman–Crippen LogP) is 0.423. The number of ether oxygens (including phenoxy) is 1. The topological polar surface area (TPSA) is 186 Å². The number of rotatable bonds is 11. The molecule has 0 saturated carbocycles. The number of benzene rings is 1. The van der Waals surface area contributed by atoms with Crippen LogP contribution >= 0.6 is 79.5 Å². The molecule has 0 aliphatic heterocycles. The van der Waals surface area contributed by atoms with Crippen molar-refractivity contribution in [1.82, 2.24) is 9.74 Å². The third-order valence-corrected chi connectivity index (χ3v) is 8.10. The minimum Gasteiger partial charge on any atom is -0.453 e. The zero-order valence-corrected chi connectivity index (χ0v) is 25.6. The molecule has 0 radical (unpaired) electrons.